The molecule has 236 valence electrons. The van der Waals surface area contributed by atoms with Crippen LogP contribution in [0.3, 0.4) is 0 Å². The average molecular weight is 632 g/mol. The van der Waals surface area contributed by atoms with Gasteiger partial charge in [0.25, 0.3) is 5.91 Å². The van der Waals surface area contributed by atoms with E-state index in [2.05, 4.69) is 11.8 Å². The second kappa shape index (κ2) is 14.4. The third kappa shape index (κ3) is 7.19. The fourth-order valence-electron chi connectivity index (χ4n) is 5.21. The van der Waals surface area contributed by atoms with Gasteiger partial charge in [-0.05, 0) is 65.0 Å². The van der Waals surface area contributed by atoms with Gasteiger partial charge < -0.3 is 20.1 Å². The lowest BCUT2D eigenvalue weighted by Crippen LogP contribution is -2.22. The molecule has 0 aliphatic rings. The number of carbonyl (C=O) groups is 2. The molecule has 0 saturated carbocycles. The van der Waals surface area contributed by atoms with Gasteiger partial charge in [0.2, 0.25) is 0 Å². The molecule has 1 amide bonds. The number of carbonyl (C=O) groups excluding carboxylic acids is 2. The number of fused-ring (bicyclic) bond motifs is 1. The van der Waals surface area contributed by atoms with Crippen molar-refractivity contribution in [3.8, 4) is 34.6 Å². The number of nitrogens with zero attached hydrogens (tertiary/aromatic N) is 2. The fraction of sp³-hybridized carbons (Fsp3) is 0.0976. The van der Waals surface area contributed by atoms with E-state index in [1.54, 1.807) is 32.4 Å². The number of nitrogens with two attached hydrogens (primary N) is 1. The third-order valence-electron chi connectivity index (χ3n) is 7.79. The van der Waals surface area contributed by atoms with E-state index in [9.17, 15) is 9.59 Å². The summed E-state index contributed by atoms with van der Waals surface area (Å²) in [5.41, 5.74) is 12.3. The second-order valence-corrected chi connectivity index (χ2v) is 11.4. The van der Waals surface area contributed by atoms with E-state index in [-0.39, 0.29) is 12.5 Å². The number of pyridine rings is 1. The van der Waals surface area contributed by atoms with Gasteiger partial charge in [-0.2, -0.15) is 0 Å². The Hall–Kier alpha value is -6.39. The van der Waals surface area contributed by atoms with Crippen molar-refractivity contribution in [2.45, 2.75) is 13.2 Å². The van der Waals surface area contributed by atoms with Crippen molar-refractivity contribution in [3.63, 3.8) is 0 Å². The molecular weight excluding hydrogens is 598 g/mol. The molecule has 0 unspecified atom stereocenters. The molecule has 48 heavy (non-hydrogen) atoms. The summed E-state index contributed by atoms with van der Waals surface area (Å²) in [5, 5.41) is 1.71. The Morgan fingerprint density at radius 2 is 1.46 bits per heavy atom. The standard InChI is InChI=1S/C41H33N3O4/c1-44(2)41(46)38-23-37(39-22-16-28(24-43-39)11-17-31-7-3-4-8-32(31)25-45)35-9-5-6-10-36(35)40(38)48-27-30-14-20-34(21-15-30)47-26-29-12-18-33(42)19-13-29/h3-10,12-16,18-25H,26-27,42H2,1-2H3. The Morgan fingerprint density at radius 3 is 2.15 bits per heavy atom. The molecule has 1 aromatic heterocycles. The molecule has 7 nitrogen and oxygen atoms in total. The Labute approximate surface area is 279 Å². The summed E-state index contributed by atoms with van der Waals surface area (Å²) in [5.74, 6) is 7.22. The number of amides is 1. The van der Waals surface area contributed by atoms with Crippen LogP contribution in [-0.4, -0.2) is 36.2 Å². The summed E-state index contributed by atoms with van der Waals surface area (Å²) in [6.07, 6.45) is 2.49. The van der Waals surface area contributed by atoms with Crippen molar-refractivity contribution < 1.29 is 19.1 Å². The van der Waals surface area contributed by atoms with Crippen LogP contribution in [0.4, 0.5) is 5.69 Å². The van der Waals surface area contributed by atoms with E-state index in [1.165, 1.54) is 4.90 Å². The molecule has 0 aliphatic heterocycles. The molecule has 7 heteroatoms. The third-order valence-corrected chi connectivity index (χ3v) is 7.79. The first kappa shape index (κ1) is 31.6. The molecule has 0 aliphatic carbocycles. The molecule has 1 heterocycles. The minimum atomic E-state index is -0.181. The quantitative estimate of drug-likeness (QED) is 0.101. The van der Waals surface area contributed by atoms with Gasteiger partial charge in [0.05, 0.1) is 11.3 Å². The van der Waals surface area contributed by atoms with E-state index in [0.717, 1.165) is 39.5 Å². The maximum Gasteiger partial charge on any atom is 0.257 e. The number of benzene rings is 5. The summed E-state index contributed by atoms with van der Waals surface area (Å²) in [4.78, 5) is 31.2. The predicted molar refractivity (Wildman–Crippen MR) is 189 cm³/mol. The van der Waals surface area contributed by atoms with Crippen molar-refractivity contribution in [1.29, 1.82) is 0 Å². The summed E-state index contributed by atoms with van der Waals surface area (Å²) in [6, 6.07) is 36.0. The van der Waals surface area contributed by atoms with Gasteiger partial charge in [-0.3, -0.25) is 14.6 Å². The molecule has 0 fully saturated rings. The number of aromatic nitrogens is 1. The van der Waals surface area contributed by atoms with E-state index < -0.39 is 0 Å². The Kier molecular flexibility index (Phi) is 9.45. The highest BCUT2D eigenvalue weighted by atomic mass is 16.5. The Morgan fingerprint density at radius 1 is 0.792 bits per heavy atom. The van der Waals surface area contributed by atoms with Gasteiger partial charge >= 0.3 is 0 Å². The Bertz CT molecular complexity index is 2140. The van der Waals surface area contributed by atoms with Crippen molar-refractivity contribution >= 4 is 28.7 Å². The lowest BCUT2D eigenvalue weighted by molar-refractivity contribution is 0.0823. The zero-order chi connectivity index (χ0) is 33.5. The minimum Gasteiger partial charge on any atom is -0.489 e. The molecule has 0 atom stereocenters. The van der Waals surface area contributed by atoms with Crippen molar-refractivity contribution in [2.75, 3.05) is 19.8 Å². The van der Waals surface area contributed by atoms with Gasteiger partial charge in [0.1, 0.15) is 24.7 Å². The highest BCUT2D eigenvalue weighted by Gasteiger charge is 2.21. The number of aldehydes is 1. The van der Waals surface area contributed by atoms with Crippen LogP contribution in [0.1, 0.15) is 43.0 Å². The average Bonchev–Trinajstić information content (AvgIpc) is 3.13. The van der Waals surface area contributed by atoms with Crippen molar-refractivity contribution in [2.24, 2.45) is 0 Å². The SMILES string of the molecule is CN(C)C(=O)c1cc(-c2ccc(C#Cc3ccccc3C=O)cn2)c2ccccc2c1OCc1ccc(OCc2ccc(N)cc2)cc1. The molecule has 6 rings (SSSR count). The fourth-order valence-corrected chi connectivity index (χ4v) is 5.21. The Balaban J connectivity index is 1.26. The van der Waals surface area contributed by atoms with E-state index in [0.29, 0.717) is 46.0 Å². The van der Waals surface area contributed by atoms with Gasteiger partial charge in [0.15, 0.2) is 6.29 Å². The van der Waals surface area contributed by atoms with Crippen LogP contribution in [0.25, 0.3) is 22.0 Å². The number of anilines is 1. The molecule has 6 aromatic rings. The van der Waals surface area contributed by atoms with E-state index in [1.807, 2.05) is 103 Å². The molecule has 2 N–H and O–H groups in total. The molecular formula is C41H33N3O4. The summed E-state index contributed by atoms with van der Waals surface area (Å²) in [7, 11) is 3.44. The monoisotopic (exact) mass is 631 g/mol. The number of ether oxygens (including phenoxy) is 2. The zero-order valence-electron chi connectivity index (χ0n) is 26.6. The maximum absolute atomic E-state index is 13.5. The van der Waals surface area contributed by atoms with Crippen LogP contribution in [-0.2, 0) is 13.2 Å². The van der Waals surface area contributed by atoms with Crippen LogP contribution >= 0.6 is 0 Å². The first-order valence-electron chi connectivity index (χ1n) is 15.4. The summed E-state index contributed by atoms with van der Waals surface area (Å²) < 4.78 is 12.4. The number of hydrogen-bond donors (Lipinski definition) is 1. The number of rotatable bonds is 9. The van der Waals surface area contributed by atoms with Crippen LogP contribution in [0.5, 0.6) is 11.5 Å². The van der Waals surface area contributed by atoms with Crippen LogP contribution in [0.15, 0.2) is 121 Å². The largest absolute Gasteiger partial charge is 0.489 e. The van der Waals surface area contributed by atoms with Crippen LogP contribution in [0, 0.1) is 11.8 Å². The van der Waals surface area contributed by atoms with Crippen molar-refractivity contribution in [3.05, 3.63) is 155 Å². The van der Waals surface area contributed by atoms with Crippen molar-refractivity contribution in [1.82, 2.24) is 9.88 Å². The van der Waals surface area contributed by atoms with Gasteiger partial charge in [-0.25, -0.2) is 0 Å². The molecule has 0 radical (unpaired) electrons. The van der Waals surface area contributed by atoms with Crippen LogP contribution < -0.4 is 15.2 Å². The minimum absolute atomic E-state index is 0.181. The van der Waals surface area contributed by atoms with Gasteiger partial charge in [0, 0.05) is 53.6 Å². The molecule has 0 bridgehead atoms. The molecule has 5 aromatic carbocycles. The van der Waals surface area contributed by atoms with Gasteiger partial charge in [-0.1, -0.05) is 78.6 Å². The van der Waals surface area contributed by atoms with E-state index >= 15 is 0 Å². The second-order valence-electron chi connectivity index (χ2n) is 11.4. The number of nitrogen functional groups attached to an aromatic ring is 1. The first-order valence-corrected chi connectivity index (χ1v) is 15.4. The van der Waals surface area contributed by atoms with Crippen LogP contribution in [0.2, 0.25) is 0 Å². The predicted octanol–water partition coefficient (Wildman–Crippen LogP) is 7.56. The smallest absolute Gasteiger partial charge is 0.257 e. The zero-order valence-corrected chi connectivity index (χ0v) is 26.6. The topological polar surface area (TPSA) is 94.8 Å². The van der Waals surface area contributed by atoms with Gasteiger partial charge in [-0.15, -0.1) is 0 Å². The lowest BCUT2D eigenvalue weighted by Gasteiger charge is -2.19. The maximum atomic E-state index is 13.5. The molecule has 0 saturated heterocycles. The first-order chi connectivity index (χ1) is 23.4. The highest BCUT2D eigenvalue weighted by molar-refractivity contribution is 6.09. The van der Waals surface area contributed by atoms with E-state index in [4.69, 9.17) is 20.2 Å². The highest BCUT2D eigenvalue weighted by Crippen LogP contribution is 2.38. The number of hydrogen-bond acceptors (Lipinski definition) is 6. The summed E-state index contributed by atoms with van der Waals surface area (Å²) >= 11 is 0. The normalized spacial score (nSPS) is 10.5. The lowest BCUT2D eigenvalue weighted by atomic mass is 9.96. The molecule has 0 spiro atoms. The summed E-state index contributed by atoms with van der Waals surface area (Å²) in [6.45, 7) is 0.694.